The van der Waals surface area contributed by atoms with E-state index in [9.17, 15) is 17.2 Å². The molecule has 0 unspecified atom stereocenters. The summed E-state index contributed by atoms with van der Waals surface area (Å²) in [5, 5.41) is 5.02. The lowest BCUT2D eigenvalue weighted by Gasteiger charge is -2.08. The average molecular weight is 427 g/mol. The Morgan fingerprint density at radius 3 is 2.64 bits per heavy atom. The van der Waals surface area contributed by atoms with Crippen LogP contribution < -0.4 is 9.88 Å². The first-order valence-corrected chi connectivity index (χ1v) is 10.3. The molecule has 3 rings (SSSR count). The first kappa shape index (κ1) is 20.2. The number of sulfonamides is 1. The number of rotatable bonds is 6. The van der Waals surface area contributed by atoms with Crippen LogP contribution in [-0.4, -0.2) is 35.0 Å². The van der Waals surface area contributed by atoms with E-state index in [0.717, 1.165) is 17.8 Å². The zero-order chi connectivity index (χ0) is 20.5. The van der Waals surface area contributed by atoms with Gasteiger partial charge in [0.15, 0.2) is 27.6 Å². The van der Waals surface area contributed by atoms with Crippen LogP contribution in [0.25, 0.3) is 11.5 Å². The molecule has 0 radical (unpaired) electrons. The summed E-state index contributed by atoms with van der Waals surface area (Å²) in [6.07, 6.45) is 1.26. The molecular weight excluding hydrogens is 412 g/mol. The van der Waals surface area contributed by atoms with Gasteiger partial charge in [-0.2, -0.15) is 4.98 Å². The zero-order valence-electron chi connectivity index (χ0n) is 14.8. The van der Waals surface area contributed by atoms with E-state index in [-0.39, 0.29) is 38.9 Å². The summed E-state index contributed by atoms with van der Waals surface area (Å²) >= 11 is 1.06. The molecule has 3 aromatic rings. The lowest BCUT2D eigenvalue weighted by Crippen LogP contribution is -2.12. The van der Waals surface area contributed by atoms with Gasteiger partial charge in [-0.3, -0.25) is 0 Å². The van der Waals surface area contributed by atoms with E-state index < -0.39 is 21.7 Å². The van der Waals surface area contributed by atoms with Crippen LogP contribution in [0.5, 0.6) is 5.88 Å². The van der Waals surface area contributed by atoms with Crippen molar-refractivity contribution < 1.29 is 21.9 Å². The Kier molecular flexibility index (Phi) is 5.63. The van der Waals surface area contributed by atoms with E-state index in [1.165, 1.54) is 36.1 Å². The summed E-state index contributed by atoms with van der Waals surface area (Å²) in [5.41, 5.74) is 0.443. The van der Waals surface area contributed by atoms with Gasteiger partial charge in [0, 0.05) is 30.6 Å². The Hall–Kier alpha value is -2.57. The number of nitrogens with zero attached hydrogens (tertiary/aromatic N) is 4. The van der Waals surface area contributed by atoms with Gasteiger partial charge in [-0.25, -0.2) is 32.3 Å². The molecule has 0 saturated heterocycles. The van der Waals surface area contributed by atoms with Crippen molar-refractivity contribution >= 4 is 21.8 Å². The predicted octanol–water partition coefficient (Wildman–Crippen LogP) is 2.10. The second-order valence-electron chi connectivity index (χ2n) is 5.64. The van der Waals surface area contributed by atoms with Crippen molar-refractivity contribution in [2.24, 2.45) is 12.2 Å². The maximum absolute atomic E-state index is 13.8. The van der Waals surface area contributed by atoms with E-state index in [0.29, 0.717) is 0 Å². The highest BCUT2D eigenvalue weighted by Gasteiger charge is 2.19. The van der Waals surface area contributed by atoms with Gasteiger partial charge in [-0.15, -0.1) is 0 Å². The van der Waals surface area contributed by atoms with E-state index in [2.05, 4.69) is 15.0 Å². The third-order valence-electron chi connectivity index (χ3n) is 3.65. The van der Waals surface area contributed by atoms with Crippen LogP contribution in [0.1, 0.15) is 5.56 Å². The molecular formula is C16H15F2N5O3S2. The minimum atomic E-state index is -3.98. The van der Waals surface area contributed by atoms with Crippen molar-refractivity contribution in [3.05, 3.63) is 47.7 Å². The molecule has 28 heavy (non-hydrogen) atoms. The third-order valence-corrected chi connectivity index (χ3v) is 5.33. The molecule has 2 heterocycles. The van der Waals surface area contributed by atoms with Gasteiger partial charge in [0.2, 0.25) is 5.88 Å². The Labute approximate surface area is 163 Å². The number of primary sulfonamides is 1. The molecule has 1 aromatic carbocycles. The number of nitrogens with two attached hydrogens (primary N) is 1. The van der Waals surface area contributed by atoms with E-state index >= 15 is 0 Å². The highest BCUT2D eigenvalue weighted by atomic mass is 32.2. The Balaban J connectivity index is 1.95. The van der Waals surface area contributed by atoms with Gasteiger partial charge in [-0.1, -0.05) is 23.9 Å². The molecule has 0 atom stereocenters. The molecule has 2 N–H and O–H groups in total. The smallest absolute Gasteiger partial charge is 0.257 e. The van der Waals surface area contributed by atoms with Crippen molar-refractivity contribution in [2.75, 3.05) is 7.11 Å². The van der Waals surface area contributed by atoms with Crippen molar-refractivity contribution in [1.82, 2.24) is 19.5 Å². The van der Waals surface area contributed by atoms with Crippen molar-refractivity contribution in [2.45, 2.75) is 15.9 Å². The minimum absolute atomic E-state index is 0.0825. The van der Waals surface area contributed by atoms with Crippen LogP contribution in [0, 0.1) is 11.6 Å². The van der Waals surface area contributed by atoms with Crippen LogP contribution in [-0.2, 0) is 22.8 Å². The molecule has 0 saturated carbocycles. The number of methoxy groups -OCH3 is 1. The number of aromatic nitrogens is 4. The average Bonchev–Trinajstić information content (AvgIpc) is 3.05. The van der Waals surface area contributed by atoms with Gasteiger partial charge in [0.25, 0.3) is 10.0 Å². The third kappa shape index (κ3) is 4.29. The van der Waals surface area contributed by atoms with Crippen LogP contribution in [0.2, 0.25) is 0 Å². The van der Waals surface area contributed by atoms with E-state index in [1.807, 2.05) is 0 Å². The largest absolute Gasteiger partial charge is 0.481 e. The molecule has 0 bridgehead atoms. The van der Waals surface area contributed by atoms with Crippen molar-refractivity contribution in [3.63, 3.8) is 0 Å². The highest BCUT2D eigenvalue weighted by molar-refractivity contribution is 7.98. The number of hydrogen-bond acceptors (Lipinski definition) is 7. The van der Waals surface area contributed by atoms with Crippen LogP contribution >= 0.6 is 11.8 Å². The molecule has 8 nitrogen and oxygen atoms in total. The highest BCUT2D eigenvalue weighted by Crippen LogP contribution is 2.27. The quantitative estimate of drug-likeness (QED) is 0.473. The fourth-order valence-electron chi connectivity index (χ4n) is 2.30. The lowest BCUT2D eigenvalue weighted by atomic mass is 10.2. The lowest BCUT2D eigenvalue weighted by molar-refractivity contribution is 0.392. The summed E-state index contributed by atoms with van der Waals surface area (Å²) < 4.78 is 56.8. The number of aryl methyl sites for hydroxylation is 1. The minimum Gasteiger partial charge on any atom is -0.481 e. The van der Waals surface area contributed by atoms with E-state index in [1.54, 1.807) is 7.05 Å². The molecule has 148 valence electrons. The first-order valence-electron chi connectivity index (χ1n) is 7.74. The normalized spacial score (nSPS) is 11.6. The number of hydrogen-bond donors (Lipinski definition) is 1. The summed E-state index contributed by atoms with van der Waals surface area (Å²) in [6, 6.07) is 5.38. The molecule has 0 fully saturated rings. The van der Waals surface area contributed by atoms with Crippen LogP contribution in [0.4, 0.5) is 8.78 Å². The maximum atomic E-state index is 13.8. The number of ether oxygens (including phenoxy) is 1. The fraction of sp³-hybridized carbons (Fsp3) is 0.188. The van der Waals surface area contributed by atoms with Gasteiger partial charge in [-0.05, 0) is 6.07 Å². The van der Waals surface area contributed by atoms with Gasteiger partial charge in [0.05, 0.1) is 7.11 Å². The molecule has 0 spiro atoms. The Morgan fingerprint density at radius 1 is 1.25 bits per heavy atom. The second kappa shape index (κ2) is 7.81. The van der Waals surface area contributed by atoms with Crippen LogP contribution in [0.15, 0.2) is 40.6 Å². The molecule has 12 heteroatoms. The Bertz CT molecular complexity index is 1140. The monoisotopic (exact) mass is 427 g/mol. The SMILES string of the molecule is COc1cc(-c2nc(S(N)(=O)=O)cn2C)nc(SCc2cccc(F)c2F)n1. The molecule has 0 aliphatic heterocycles. The van der Waals surface area contributed by atoms with Crippen LogP contribution in [0.3, 0.4) is 0 Å². The van der Waals surface area contributed by atoms with Crippen molar-refractivity contribution in [3.8, 4) is 17.4 Å². The second-order valence-corrected chi connectivity index (χ2v) is 8.09. The predicted molar refractivity (Wildman–Crippen MR) is 98.1 cm³/mol. The molecule has 0 amide bonds. The van der Waals surface area contributed by atoms with Gasteiger partial charge >= 0.3 is 0 Å². The van der Waals surface area contributed by atoms with Gasteiger partial charge in [0.1, 0.15) is 5.69 Å². The molecule has 2 aromatic heterocycles. The van der Waals surface area contributed by atoms with Gasteiger partial charge < -0.3 is 9.30 Å². The topological polar surface area (TPSA) is 113 Å². The summed E-state index contributed by atoms with van der Waals surface area (Å²) in [4.78, 5) is 12.5. The number of benzene rings is 1. The molecule has 0 aliphatic carbocycles. The van der Waals surface area contributed by atoms with Crippen molar-refractivity contribution in [1.29, 1.82) is 0 Å². The maximum Gasteiger partial charge on any atom is 0.257 e. The summed E-state index contributed by atoms with van der Waals surface area (Å²) in [5.74, 6) is -1.36. The number of halogens is 2. The summed E-state index contributed by atoms with van der Waals surface area (Å²) in [7, 11) is -0.995. The van der Waals surface area contributed by atoms with E-state index in [4.69, 9.17) is 9.88 Å². The number of imidazole rings is 1. The standard InChI is InChI=1S/C16H15F2N5O3S2/c1-23-7-13(28(19,24)25)22-15(23)11-6-12(26-2)21-16(20-11)27-8-9-4-3-5-10(17)14(9)18/h3-7H,8H2,1-2H3,(H2,19,24,25). The summed E-state index contributed by atoms with van der Waals surface area (Å²) in [6.45, 7) is 0. The number of thioether (sulfide) groups is 1. The molecule has 0 aliphatic rings. The zero-order valence-corrected chi connectivity index (χ0v) is 16.4. The fourth-order valence-corrected chi connectivity index (χ4v) is 3.65. The first-order chi connectivity index (χ1) is 13.2. The Morgan fingerprint density at radius 2 is 2.00 bits per heavy atom.